The van der Waals surface area contributed by atoms with Crippen molar-refractivity contribution in [1.29, 1.82) is 5.26 Å². The zero-order valence-electron chi connectivity index (χ0n) is 17.8. The second-order valence-corrected chi connectivity index (χ2v) is 8.67. The van der Waals surface area contributed by atoms with Crippen molar-refractivity contribution < 1.29 is 13.9 Å². The van der Waals surface area contributed by atoms with Crippen molar-refractivity contribution in [1.82, 2.24) is 5.32 Å². The Morgan fingerprint density at radius 2 is 2.00 bits per heavy atom. The van der Waals surface area contributed by atoms with Gasteiger partial charge in [0.1, 0.15) is 17.3 Å². The molecule has 4 rings (SSSR count). The maximum Gasteiger partial charge on any atom is 0.162 e. The molecule has 2 heterocycles. The average molecular weight is 402 g/mol. The number of nitrogens with zero attached hydrogens (tertiary/aromatic N) is 1. The number of hydrogen-bond donors (Lipinski definition) is 1. The quantitative estimate of drug-likeness (QED) is 0.734. The molecule has 1 aliphatic carbocycles. The molecule has 0 bridgehead atoms. The van der Waals surface area contributed by atoms with Crippen LogP contribution in [-0.2, 0) is 4.79 Å². The topological polar surface area (TPSA) is 75.3 Å². The van der Waals surface area contributed by atoms with Crippen LogP contribution in [0, 0.1) is 16.7 Å². The number of nitriles is 1. The molecule has 5 heteroatoms. The lowest BCUT2D eigenvalue weighted by Gasteiger charge is -2.38. The molecule has 1 aromatic carbocycles. The molecule has 0 saturated heterocycles. The van der Waals surface area contributed by atoms with Gasteiger partial charge in [-0.05, 0) is 49.9 Å². The highest BCUT2D eigenvalue weighted by atomic mass is 16.5. The minimum absolute atomic E-state index is 0.0756. The van der Waals surface area contributed by atoms with E-state index in [1.807, 2.05) is 50.2 Å². The summed E-state index contributed by atoms with van der Waals surface area (Å²) in [5.41, 5.74) is 3.62. The molecule has 5 nitrogen and oxygen atoms in total. The Hall–Kier alpha value is -3.26. The number of ketones is 1. The average Bonchev–Trinajstić information content (AvgIpc) is 3.16. The molecule has 1 atom stereocenters. The number of nitrogens with one attached hydrogen (secondary N) is 1. The van der Waals surface area contributed by atoms with Crippen LogP contribution in [0.3, 0.4) is 0 Å². The van der Waals surface area contributed by atoms with Crippen molar-refractivity contribution in [2.24, 2.45) is 5.41 Å². The minimum atomic E-state index is -0.483. The van der Waals surface area contributed by atoms with Gasteiger partial charge < -0.3 is 14.5 Å². The lowest BCUT2D eigenvalue weighted by atomic mass is 9.70. The SMILES string of the molecule is CCOc1ccccc1-c1ccc(C2C(C#N)=C(C)NC3=C2C(=O)CC(C)(C)C3)o1. The van der Waals surface area contributed by atoms with Gasteiger partial charge in [-0.2, -0.15) is 5.26 Å². The van der Waals surface area contributed by atoms with Crippen LogP contribution in [0.1, 0.15) is 52.2 Å². The van der Waals surface area contributed by atoms with Gasteiger partial charge in [0, 0.05) is 23.4 Å². The fourth-order valence-corrected chi connectivity index (χ4v) is 4.47. The van der Waals surface area contributed by atoms with Crippen molar-refractivity contribution in [2.45, 2.75) is 46.5 Å². The molecule has 0 saturated carbocycles. The predicted octanol–water partition coefficient (Wildman–Crippen LogP) is 5.47. The van der Waals surface area contributed by atoms with Crippen molar-refractivity contribution in [3.05, 3.63) is 64.7 Å². The normalized spacial score (nSPS) is 20.5. The fraction of sp³-hybridized carbons (Fsp3) is 0.360. The number of hydrogen-bond acceptors (Lipinski definition) is 5. The fourth-order valence-electron chi connectivity index (χ4n) is 4.47. The van der Waals surface area contributed by atoms with Crippen LogP contribution in [0.4, 0.5) is 0 Å². The summed E-state index contributed by atoms with van der Waals surface area (Å²) in [5, 5.41) is 13.2. The first-order chi connectivity index (χ1) is 14.3. The van der Waals surface area contributed by atoms with Gasteiger partial charge in [0.25, 0.3) is 0 Å². The highest BCUT2D eigenvalue weighted by Crippen LogP contribution is 2.47. The highest BCUT2D eigenvalue weighted by Gasteiger charge is 2.42. The molecule has 2 aromatic rings. The molecule has 2 aliphatic rings. The summed E-state index contributed by atoms with van der Waals surface area (Å²) in [6.45, 7) is 8.58. The van der Waals surface area contributed by atoms with Crippen LogP contribution < -0.4 is 10.1 Å². The molecule has 1 aromatic heterocycles. The molecular weight excluding hydrogens is 376 g/mol. The second-order valence-electron chi connectivity index (χ2n) is 8.67. The minimum Gasteiger partial charge on any atom is -0.493 e. The van der Waals surface area contributed by atoms with Crippen LogP contribution in [-0.4, -0.2) is 12.4 Å². The summed E-state index contributed by atoms with van der Waals surface area (Å²) in [6, 6.07) is 13.8. The van der Waals surface area contributed by atoms with Gasteiger partial charge in [0.15, 0.2) is 5.78 Å². The molecule has 0 spiro atoms. The number of para-hydroxylation sites is 1. The predicted molar refractivity (Wildman–Crippen MR) is 115 cm³/mol. The van der Waals surface area contributed by atoms with Crippen LogP contribution >= 0.6 is 0 Å². The number of dihydropyridines is 1. The van der Waals surface area contributed by atoms with E-state index in [0.717, 1.165) is 29.1 Å². The molecule has 0 fully saturated rings. The highest BCUT2D eigenvalue weighted by molar-refractivity contribution is 6.00. The largest absolute Gasteiger partial charge is 0.493 e. The number of benzene rings is 1. The number of Topliss-reactive ketones (excluding diaryl/α,β-unsaturated/α-hetero) is 1. The molecule has 1 unspecified atom stereocenters. The maximum absolute atomic E-state index is 13.1. The van der Waals surface area contributed by atoms with E-state index in [-0.39, 0.29) is 11.2 Å². The lowest BCUT2D eigenvalue weighted by Crippen LogP contribution is -2.36. The van der Waals surface area contributed by atoms with E-state index in [4.69, 9.17) is 9.15 Å². The number of ether oxygens (including phenoxy) is 1. The molecule has 154 valence electrons. The van der Waals surface area contributed by atoms with Crippen molar-refractivity contribution in [2.75, 3.05) is 6.61 Å². The van der Waals surface area contributed by atoms with Gasteiger partial charge in [-0.3, -0.25) is 4.79 Å². The van der Waals surface area contributed by atoms with Gasteiger partial charge >= 0.3 is 0 Å². The van der Waals surface area contributed by atoms with Gasteiger partial charge in [-0.1, -0.05) is 26.0 Å². The summed E-state index contributed by atoms with van der Waals surface area (Å²) in [7, 11) is 0. The van der Waals surface area contributed by atoms with Crippen LogP contribution in [0.5, 0.6) is 5.75 Å². The molecule has 1 N–H and O–H groups in total. The first kappa shape index (κ1) is 20.0. The van der Waals surface area contributed by atoms with Crippen molar-refractivity contribution >= 4 is 5.78 Å². The van der Waals surface area contributed by atoms with Crippen LogP contribution in [0.25, 0.3) is 11.3 Å². The Morgan fingerprint density at radius 3 is 2.73 bits per heavy atom. The van der Waals surface area contributed by atoms with E-state index >= 15 is 0 Å². The number of furan rings is 1. The molecule has 0 amide bonds. The Labute approximate surface area is 177 Å². The first-order valence-corrected chi connectivity index (χ1v) is 10.3. The standard InChI is InChI=1S/C25H26N2O3/c1-5-29-20-9-7-6-8-16(20)21-10-11-22(30-21)23-17(14-26)15(2)27-18-12-25(3,4)13-19(28)24(18)23/h6-11,23,27H,5,12-13H2,1-4H3. The number of carbonyl (C=O) groups is 1. The molecular formula is C25H26N2O3. The second kappa shape index (κ2) is 7.53. The number of carbonyl (C=O) groups excluding carboxylic acids is 1. The third-order valence-corrected chi connectivity index (χ3v) is 5.72. The Balaban J connectivity index is 1.81. The van der Waals surface area contributed by atoms with E-state index < -0.39 is 5.92 Å². The molecule has 1 aliphatic heterocycles. The third-order valence-electron chi connectivity index (χ3n) is 5.72. The summed E-state index contributed by atoms with van der Waals surface area (Å²) in [5.74, 6) is 1.60. The monoisotopic (exact) mass is 402 g/mol. The van der Waals surface area contributed by atoms with Crippen molar-refractivity contribution in [3.63, 3.8) is 0 Å². The lowest BCUT2D eigenvalue weighted by molar-refractivity contribution is -0.118. The van der Waals surface area contributed by atoms with Crippen LogP contribution in [0.2, 0.25) is 0 Å². The van der Waals surface area contributed by atoms with Gasteiger partial charge in [0.05, 0.1) is 29.7 Å². The van der Waals surface area contributed by atoms with Gasteiger partial charge in [-0.25, -0.2) is 0 Å². The molecule has 0 radical (unpaired) electrons. The third kappa shape index (κ3) is 3.43. The summed E-state index contributed by atoms with van der Waals surface area (Å²) in [6.07, 6.45) is 1.23. The molecule has 30 heavy (non-hydrogen) atoms. The number of allylic oxidation sites excluding steroid dienone is 4. The van der Waals surface area contributed by atoms with Crippen molar-refractivity contribution in [3.8, 4) is 23.1 Å². The van der Waals surface area contributed by atoms with E-state index in [1.165, 1.54) is 0 Å². The van der Waals surface area contributed by atoms with Gasteiger partial charge in [-0.15, -0.1) is 0 Å². The van der Waals surface area contributed by atoms with E-state index in [0.29, 0.717) is 35.7 Å². The maximum atomic E-state index is 13.1. The zero-order valence-corrected chi connectivity index (χ0v) is 17.8. The van der Waals surface area contributed by atoms with E-state index in [9.17, 15) is 10.1 Å². The Kier molecular flexibility index (Phi) is 5.03. The Bertz CT molecular complexity index is 1110. The van der Waals surface area contributed by atoms with Crippen LogP contribution in [0.15, 0.2) is 63.4 Å². The summed E-state index contributed by atoms with van der Waals surface area (Å²) in [4.78, 5) is 13.1. The van der Waals surface area contributed by atoms with E-state index in [2.05, 4.69) is 25.2 Å². The Morgan fingerprint density at radius 1 is 1.23 bits per heavy atom. The summed E-state index contributed by atoms with van der Waals surface area (Å²) >= 11 is 0. The zero-order chi connectivity index (χ0) is 21.5. The number of rotatable bonds is 4. The van der Waals surface area contributed by atoms with E-state index in [1.54, 1.807) is 0 Å². The smallest absolute Gasteiger partial charge is 0.162 e. The first-order valence-electron chi connectivity index (χ1n) is 10.3. The van der Waals surface area contributed by atoms with Gasteiger partial charge in [0.2, 0.25) is 0 Å². The summed E-state index contributed by atoms with van der Waals surface area (Å²) < 4.78 is 12.0.